The zero-order valence-electron chi connectivity index (χ0n) is 16.4. The molecule has 28 heavy (non-hydrogen) atoms. The van der Waals surface area contributed by atoms with Gasteiger partial charge in [-0.15, -0.1) is 11.3 Å². The number of hydrogen-bond donors (Lipinski definition) is 1. The quantitative estimate of drug-likeness (QED) is 0.738. The van der Waals surface area contributed by atoms with Gasteiger partial charge in [-0.3, -0.25) is 10.1 Å². The Labute approximate surface area is 168 Å². The highest BCUT2D eigenvalue weighted by atomic mass is 32.1. The molecule has 0 spiro atoms. The van der Waals surface area contributed by atoms with Crippen molar-refractivity contribution in [1.82, 2.24) is 4.90 Å². The van der Waals surface area contributed by atoms with Crippen LogP contribution in [0.15, 0.2) is 41.8 Å². The van der Waals surface area contributed by atoms with Crippen molar-refractivity contribution in [2.24, 2.45) is 0 Å². The van der Waals surface area contributed by atoms with Crippen molar-refractivity contribution in [3.63, 3.8) is 0 Å². The molecule has 2 aromatic rings. The van der Waals surface area contributed by atoms with Crippen LogP contribution in [0.1, 0.15) is 36.0 Å². The fraction of sp³-hybridized carbons (Fsp3) is 0.350. The Morgan fingerprint density at radius 2 is 1.89 bits per heavy atom. The first-order valence-electron chi connectivity index (χ1n) is 8.67. The number of esters is 1. The summed E-state index contributed by atoms with van der Waals surface area (Å²) in [6.07, 6.45) is -0.622. The number of hydrogen-bond acceptors (Lipinski definition) is 6. The van der Waals surface area contributed by atoms with Crippen LogP contribution >= 0.6 is 11.3 Å². The number of benzene rings is 1. The molecule has 8 heteroatoms. The largest absolute Gasteiger partial charge is 0.452 e. The standard InChI is InChI=1S/C20H24N2O5S/c1-20(2,3)27-19(25)21-15-8-5-7-14(11-15)18(24)26-13-17(23)22(4)12-16-9-6-10-28-16/h5-11H,12-13H2,1-4H3,(H,21,25). The molecule has 0 aliphatic rings. The van der Waals surface area contributed by atoms with Gasteiger partial charge in [0, 0.05) is 17.6 Å². The summed E-state index contributed by atoms with van der Waals surface area (Å²) in [5, 5.41) is 4.50. The first-order chi connectivity index (χ1) is 13.1. The molecule has 0 saturated carbocycles. The van der Waals surface area contributed by atoms with Gasteiger partial charge in [-0.2, -0.15) is 0 Å². The van der Waals surface area contributed by atoms with Gasteiger partial charge in [0.25, 0.3) is 5.91 Å². The van der Waals surface area contributed by atoms with Gasteiger partial charge in [0.2, 0.25) is 0 Å². The zero-order chi connectivity index (χ0) is 20.7. The Bertz CT molecular complexity index is 827. The van der Waals surface area contributed by atoms with Crippen LogP contribution in [0.3, 0.4) is 0 Å². The van der Waals surface area contributed by atoms with E-state index >= 15 is 0 Å². The van der Waals surface area contributed by atoms with Crippen molar-refractivity contribution < 1.29 is 23.9 Å². The van der Waals surface area contributed by atoms with Crippen LogP contribution < -0.4 is 5.32 Å². The Hall–Kier alpha value is -2.87. The smallest absolute Gasteiger partial charge is 0.412 e. The van der Waals surface area contributed by atoms with Gasteiger partial charge in [-0.05, 0) is 50.4 Å². The van der Waals surface area contributed by atoms with Crippen LogP contribution in [0, 0.1) is 0 Å². The summed E-state index contributed by atoms with van der Waals surface area (Å²) < 4.78 is 10.3. The highest BCUT2D eigenvalue weighted by Crippen LogP contribution is 2.15. The maximum Gasteiger partial charge on any atom is 0.412 e. The van der Waals surface area contributed by atoms with Crippen LogP contribution in [0.25, 0.3) is 0 Å². The van der Waals surface area contributed by atoms with E-state index in [1.807, 2.05) is 17.5 Å². The minimum atomic E-state index is -0.647. The Morgan fingerprint density at radius 1 is 1.14 bits per heavy atom. The average molecular weight is 404 g/mol. The molecule has 0 unspecified atom stereocenters. The molecule has 1 aromatic heterocycles. The maximum absolute atomic E-state index is 12.2. The molecule has 0 aliphatic carbocycles. The molecule has 7 nitrogen and oxygen atoms in total. The van der Waals surface area contributed by atoms with Gasteiger partial charge in [0.05, 0.1) is 12.1 Å². The molecule has 0 atom stereocenters. The van der Waals surface area contributed by atoms with E-state index in [2.05, 4.69) is 5.32 Å². The highest BCUT2D eigenvalue weighted by molar-refractivity contribution is 7.09. The van der Waals surface area contributed by atoms with Gasteiger partial charge in [0.15, 0.2) is 6.61 Å². The minimum Gasteiger partial charge on any atom is -0.452 e. The number of anilines is 1. The molecule has 150 valence electrons. The van der Waals surface area contributed by atoms with E-state index in [0.717, 1.165) is 4.88 Å². The van der Waals surface area contributed by atoms with E-state index < -0.39 is 17.7 Å². The third-order valence-corrected chi connectivity index (χ3v) is 4.33. The number of rotatable bonds is 6. The lowest BCUT2D eigenvalue weighted by molar-refractivity contribution is -0.133. The molecule has 2 rings (SSSR count). The number of nitrogens with one attached hydrogen (secondary N) is 1. The predicted molar refractivity (Wildman–Crippen MR) is 107 cm³/mol. The summed E-state index contributed by atoms with van der Waals surface area (Å²) in [6.45, 7) is 5.38. The lowest BCUT2D eigenvalue weighted by Gasteiger charge is -2.19. The summed E-state index contributed by atoms with van der Waals surface area (Å²) in [5.74, 6) is -0.949. The van der Waals surface area contributed by atoms with Crippen molar-refractivity contribution >= 4 is 35.0 Å². The number of nitrogens with zero attached hydrogens (tertiary/aromatic N) is 1. The van der Waals surface area contributed by atoms with Crippen molar-refractivity contribution in [2.45, 2.75) is 32.9 Å². The monoisotopic (exact) mass is 404 g/mol. The Morgan fingerprint density at radius 3 is 2.54 bits per heavy atom. The molecule has 0 bridgehead atoms. The van der Waals surface area contributed by atoms with Crippen LogP contribution in [0.4, 0.5) is 10.5 Å². The van der Waals surface area contributed by atoms with Crippen LogP contribution in [-0.2, 0) is 20.8 Å². The van der Waals surface area contributed by atoms with Crippen molar-refractivity contribution in [1.29, 1.82) is 0 Å². The number of carbonyl (C=O) groups excluding carboxylic acids is 3. The second kappa shape index (κ2) is 9.36. The predicted octanol–water partition coefficient (Wildman–Crippen LogP) is 3.91. The molecule has 0 fully saturated rings. The van der Waals surface area contributed by atoms with Crippen LogP contribution in [0.5, 0.6) is 0 Å². The van der Waals surface area contributed by atoms with Gasteiger partial charge in [0.1, 0.15) is 5.60 Å². The summed E-state index contributed by atoms with van der Waals surface area (Å²) in [7, 11) is 1.65. The molecular formula is C20H24N2O5S. The van der Waals surface area contributed by atoms with Gasteiger partial charge in [-0.25, -0.2) is 9.59 Å². The highest BCUT2D eigenvalue weighted by Gasteiger charge is 2.17. The average Bonchev–Trinajstić information content (AvgIpc) is 3.10. The number of amides is 2. The Balaban J connectivity index is 1.88. The summed E-state index contributed by atoms with van der Waals surface area (Å²) in [4.78, 5) is 38.7. The van der Waals surface area contributed by atoms with E-state index in [-0.39, 0.29) is 18.1 Å². The van der Waals surface area contributed by atoms with Crippen molar-refractivity contribution in [3.05, 3.63) is 52.2 Å². The fourth-order valence-corrected chi connectivity index (χ4v) is 2.95. The molecule has 2 amide bonds. The third kappa shape index (κ3) is 7.03. The molecule has 1 aromatic carbocycles. The molecule has 1 N–H and O–H groups in total. The number of thiophene rings is 1. The minimum absolute atomic E-state index is 0.224. The van der Waals surface area contributed by atoms with Gasteiger partial charge >= 0.3 is 12.1 Å². The fourth-order valence-electron chi connectivity index (χ4n) is 2.19. The number of ether oxygens (including phenoxy) is 2. The van der Waals surface area contributed by atoms with E-state index in [1.54, 1.807) is 57.4 Å². The Kier molecular flexibility index (Phi) is 7.17. The first kappa shape index (κ1) is 21.4. The van der Waals surface area contributed by atoms with Gasteiger partial charge in [-0.1, -0.05) is 12.1 Å². The normalized spacial score (nSPS) is 10.9. The summed E-state index contributed by atoms with van der Waals surface area (Å²) in [6, 6.07) is 10.1. The van der Waals surface area contributed by atoms with E-state index in [9.17, 15) is 14.4 Å². The third-order valence-electron chi connectivity index (χ3n) is 3.47. The van der Waals surface area contributed by atoms with Gasteiger partial charge < -0.3 is 14.4 Å². The second-order valence-electron chi connectivity index (χ2n) is 7.11. The zero-order valence-corrected chi connectivity index (χ0v) is 17.2. The maximum atomic E-state index is 12.2. The van der Waals surface area contributed by atoms with E-state index in [4.69, 9.17) is 9.47 Å². The van der Waals surface area contributed by atoms with Crippen LogP contribution in [0.2, 0.25) is 0 Å². The lowest BCUT2D eigenvalue weighted by atomic mass is 10.2. The summed E-state index contributed by atoms with van der Waals surface area (Å²) in [5.41, 5.74) is -0.0112. The van der Waals surface area contributed by atoms with Crippen molar-refractivity contribution in [3.8, 4) is 0 Å². The number of carbonyl (C=O) groups is 3. The van der Waals surface area contributed by atoms with E-state index in [1.165, 1.54) is 11.0 Å². The summed E-state index contributed by atoms with van der Waals surface area (Å²) >= 11 is 1.55. The molecule has 1 heterocycles. The van der Waals surface area contributed by atoms with Crippen molar-refractivity contribution in [2.75, 3.05) is 19.0 Å². The SMILES string of the molecule is CN(Cc1cccs1)C(=O)COC(=O)c1cccc(NC(=O)OC(C)(C)C)c1. The molecular weight excluding hydrogens is 380 g/mol. The molecule has 0 aliphatic heterocycles. The van der Waals surface area contributed by atoms with Crippen LogP contribution in [-0.4, -0.2) is 42.1 Å². The first-order valence-corrected chi connectivity index (χ1v) is 9.55. The second-order valence-corrected chi connectivity index (χ2v) is 8.15. The topological polar surface area (TPSA) is 84.9 Å². The molecule has 0 radical (unpaired) electrons. The molecule has 0 saturated heterocycles. The van der Waals surface area contributed by atoms with E-state index in [0.29, 0.717) is 12.2 Å². The lowest BCUT2D eigenvalue weighted by Crippen LogP contribution is -2.30. The number of likely N-dealkylation sites (N-methyl/N-ethyl adjacent to an activating group) is 1.